The predicted molar refractivity (Wildman–Crippen MR) is 45.5 cm³/mol. The molecule has 0 aromatic carbocycles. The lowest BCUT2D eigenvalue weighted by atomic mass is 10.1. The molecule has 1 amide bonds. The van der Waals surface area contributed by atoms with Crippen molar-refractivity contribution in [2.24, 2.45) is 5.73 Å². The molecule has 1 atom stereocenters. The minimum absolute atomic E-state index is 0.0159. The van der Waals surface area contributed by atoms with Crippen LogP contribution in [0.25, 0.3) is 0 Å². The molecule has 0 fully saturated rings. The van der Waals surface area contributed by atoms with Gasteiger partial charge in [0.05, 0.1) is 6.54 Å². The van der Waals surface area contributed by atoms with E-state index < -0.39 is 30.4 Å². The van der Waals surface area contributed by atoms with E-state index in [9.17, 15) is 14.4 Å². The van der Waals surface area contributed by atoms with E-state index in [0.29, 0.717) is 0 Å². The first-order valence-corrected chi connectivity index (χ1v) is 3.89. The van der Waals surface area contributed by atoms with Crippen LogP contribution in [-0.2, 0) is 14.4 Å². The van der Waals surface area contributed by atoms with E-state index in [4.69, 9.17) is 15.9 Å². The highest BCUT2D eigenvalue weighted by molar-refractivity contribution is 5.78. The number of carboxylic acid groups (broad SMARTS) is 2. The Kier molecular flexibility index (Phi) is 5.23. The Balaban J connectivity index is 3.96. The fourth-order valence-corrected chi connectivity index (χ4v) is 0.810. The van der Waals surface area contributed by atoms with Gasteiger partial charge in [0.25, 0.3) is 0 Å². The van der Waals surface area contributed by atoms with Crippen LogP contribution in [-0.4, -0.2) is 40.6 Å². The van der Waals surface area contributed by atoms with Crippen LogP contribution < -0.4 is 11.1 Å². The van der Waals surface area contributed by atoms with Gasteiger partial charge in [-0.1, -0.05) is 0 Å². The molecular formula is C7H12N2O5. The second-order valence-electron chi connectivity index (χ2n) is 2.67. The fraction of sp³-hybridized carbons (Fsp3) is 0.571. The van der Waals surface area contributed by atoms with Crippen LogP contribution in [0.5, 0.6) is 0 Å². The average molecular weight is 204 g/mol. The molecule has 0 aliphatic carbocycles. The van der Waals surface area contributed by atoms with Gasteiger partial charge in [-0.25, -0.2) is 0 Å². The molecule has 0 rings (SSSR count). The van der Waals surface area contributed by atoms with Crippen LogP contribution in [0.3, 0.4) is 0 Å². The van der Waals surface area contributed by atoms with E-state index >= 15 is 0 Å². The Morgan fingerprint density at radius 1 is 1.29 bits per heavy atom. The Morgan fingerprint density at radius 3 is 2.21 bits per heavy atom. The van der Waals surface area contributed by atoms with E-state index in [1.807, 2.05) is 0 Å². The van der Waals surface area contributed by atoms with Gasteiger partial charge in [0, 0.05) is 6.42 Å². The summed E-state index contributed by atoms with van der Waals surface area (Å²) in [6.45, 7) is -0.463. The Hall–Kier alpha value is -1.63. The van der Waals surface area contributed by atoms with Gasteiger partial charge in [-0.15, -0.1) is 0 Å². The van der Waals surface area contributed by atoms with Crippen LogP contribution in [0.15, 0.2) is 0 Å². The number of carboxylic acids is 2. The number of nitrogens with two attached hydrogens (primary N) is 1. The maximum Gasteiger partial charge on any atom is 0.320 e. The van der Waals surface area contributed by atoms with E-state index in [1.54, 1.807) is 0 Å². The Bertz CT molecular complexity index is 222. The average Bonchev–Trinajstić information content (AvgIpc) is 2.02. The summed E-state index contributed by atoms with van der Waals surface area (Å²) in [6, 6.07) is -1.06. The molecule has 0 aliphatic rings. The molecule has 0 radical (unpaired) electrons. The largest absolute Gasteiger partial charge is 0.480 e. The molecule has 0 heterocycles. The minimum atomic E-state index is -1.20. The monoisotopic (exact) mass is 204 g/mol. The van der Waals surface area contributed by atoms with Crippen molar-refractivity contribution < 1.29 is 24.6 Å². The highest BCUT2D eigenvalue weighted by atomic mass is 16.4. The standard InChI is InChI=1S/C7H12N2O5/c8-5(10)2-1-4(7(13)14)9-3-6(11)12/h4,9H,1-3H2,(H2,8,10)(H,11,12)(H,13,14). The van der Waals surface area contributed by atoms with Crippen molar-refractivity contribution in [3.05, 3.63) is 0 Å². The molecule has 0 aromatic rings. The number of nitrogens with one attached hydrogen (secondary N) is 1. The van der Waals surface area contributed by atoms with Gasteiger partial charge < -0.3 is 15.9 Å². The summed E-state index contributed by atoms with van der Waals surface area (Å²) < 4.78 is 0. The number of carbonyl (C=O) groups is 3. The third-order valence-corrected chi connectivity index (χ3v) is 1.48. The number of rotatable bonds is 7. The summed E-state index contributed by atoms with van der Waals surface area (Å²) in [4.78, 5) is 31.0. The van der Waals surface area contributed by atoms with Crippen molar-refractivity contribution >= 4 is 17.8 Å². The van der Waals surface area contributed by atoms with Gasteiger partial charge in [0.15, 0.2) is 0 Å². The molecule has 1 unspecified atom stereocenters. The van der Waals surface area contributed by atoms with Crippen molar-refractivity contribution in [1.82, 2.24) is 5.32 Å². The van der Waals surface area contributed by atoms with E-state index in [-0.39, 0.29) is 12.8 Å². The highest BCUT2D eigenvalue weighted by Gasteiger charge is 2.18. The first kappa shape index (κ1) is 12.4. The lowest BCUT2D eigenvalue weighted by Crippen LogP contribution is -2.40. The normalized spacial score (nSPS) is 12.0. The zero-order valence-corrected chi connectivity index (χ0v) is 7.40. The molecule has 0 aliphatic heterocycles. The molecule has 0 saturated heterocycles. The number of primary amides is 1. The van der Waals surface area contributed by atoms with Crippen molar-refractivity contribution in [1.29, 1.82) is 0 Å². The smallest absolute Gasteiger partial charge is 0.320 e. The maximum atomic E-state index is 10.5. The van der Waals surface area contributed by atoms with Crippen molar-refractivity contribution in [2.45, 2.75) is 18.9 Å². The SMILES string of the molecule is NC(=O)CCC(NCC(=O)O)C(=O)O. The predicted octanol–water partition coefficient (Wildman–Crippen LogP) is -1.62. The zero-order chi connectivity index (χ0) is 11.1. The second kappa shape index (κ2) is 5.92. The molecule has 0 bridgehead atoms. The number of hydrogen-bond donors (Lipinski definition) is 4. The molecule has 7 heteroatoms. The number of hydrogen-bond acceptors (Lipinski definition) is 4. The van der Waals surface area contributed by atoms with Gasteiger partial charge in [-0.05, 0) is 6.42 Å². The number of amides is 1. The van der Waals surface area contributed by atoms with E-state index in [1.165, 1.54) is 0 Å². The van der Waals surface area contributed by atoms with Crippen molar-refractivity contribution in [3.8, 4) is 0 Å². The molecule has 5 N–H and O–H groups in total. The summed E-state index contributed by atoms with van der Waals surface area (Å²) in [6.07, 6.45) is -0.110. The van der Waals surface area contributed by atoms with Crippen molar-refractivity contribution in [3.63, 3.8) is 0 Å². The molecule has 0 aromatic heterocycles. The molecule has 7 nitrogen and oxygen atoms in total. The van der Waals surface area contributed by atoms with Crippen LogP contribution >= 0.6 is 0 Å². The molecular weight excluding hydrogens is 192 g/mol. The molecule has 14 heavy (non-hydrogen) atoms. The zero-order valence-electron chi connectivity index (χ0n) is 7.40. The quantitative estimate of drug-likeness (QED) is 0.394. The molecule has 80 valence electrons. The number of aliphatic carboxylic acids is 2. The lowest BCUT2D eigenvalue weighted by Gasteiger charge is -2.11. The van der Waals surface area contributed by atoms with Gasteiger partial charge in [0.2, 0.25) is 5.91 Å². The Labute approximate surface area is 79.9 Å². The minimum Gasteiger partial charge on any atom is -0.480 e. The fourth-order valence-electron chi connectivity index (χ4n) is 0.810. The van der Waals surface area contributed by atoms with Crippen LogP contribution in [0.2, 0.25) is 0 Å². The van der Waals surface area contributed by atoms with E-state index in [0.717, 1.165) is 0 Å². The molecule has 0 saturated carbocycles. The van der Waals surface area contributed by atoms with Crippen molar-refractivity contribution in [2.75, 3.05) is 6.54 Å². The summed E-state index contributed by atoms with van der Waals surface area (Å²) >= 11 is 0. The molecule has 0 spiro atoms. The third kappa shape index (κ3) is 5.95. The van der Waals surface area contributed by atoms with Gasteiger partial charge in [-0.3, -0.25) is 19.7 Å². The maximum absolute atomic E-state index is 10.5. The first-order chi connectivity index (χ1) is 6.43. The first-order valence-electron chi connectivity index (χ1n) is 3.89. The van der Waals surface area contributed by atoms with Crippen LogP contribution in [0.1, 0.15) is 12.8 Å². The van der Waals surface area contributed by atoms with E-state index in [2.05, 4.69) is 5.32 Å². The summed E-state index contributed by atoms with van der Waals surface area (Å²) in [5, 5.41) is 19.1. The topological polar surface area (TPSA) is 130 Å². The summed E-state index contributed by atoms with van der Waals surface area (Å²) in [5.41, 5.74) is 4.82. The number of carbonyl (C=O) groups excluding carboxylic acids is 1. The third-order valence-electron chi connectivity index (χ3n) is 1.48. The van der Waals surface area contributed by atoms with Crippen LogP contribution in [0.4, 0.5) is 0 Å². The Morgan fingerprint density at radius 2 is 1.86 bits per heavy atom. The van der Waals surface area contributed by atoms with Crippen LogP contribution in [0, 0.1) is 0 Å². The second-order valence-corrected chi connectivity index (χ2v) is 2.67. The highest BCUT2D eigenvalue weighted by Crippen LogP contribution is 1.96. The summed E-state index contributed by atoms with van der Waals surface area (Å²) in [7, 11) is 0. The van der Waals surface area contributed by atoms with Gasteiger partial charge >= 0.3 is 11.9 Å². The van der Waals surface area contributed by atoms with Gasteiger partial charge in [0.1, 0.15) is 6.04 Å². The lowest BCUT2D eigenvalue weighted by molar-refractivity contribution is -0.140. The van der Waals surface area contributed by atoms with Gasteiger partial charge in [-0.2, -0.15) is 0 Å². The summed E-state index contributed by atoms with van der Waals surface area (Å²) in [5.74, 6) is -2.98.